The number of nitrogens with two attached hydrogens (primary N) is 1. The van der Waals surface area contributed by atoms with Gasteiger partial charge in [-0.2, -0.15) is 0 Å². The standard InChI is InChI=1S/C18H19ClFN3O2S2/c1-11-13(19)4-3-5-16(11)27(24,25)23-15-10-12(6-7-14(15)20)18(2)8-9-26-17(21)22-18/h3-7,10,23H,8-9H2,1-2H3,(H2,21,22). The van der Waals surface area contributed by atoms with Gasteiger partial charge in [-0.1, -0.05) is 35.5 Å². The first-order valence-electron chi connectivity index (χ1n) is 8.18. The van der Waals surface area contributed by atoms with Gasteiger partial charge in [0, 0.05) is 10.8 Å². The topological polar surface area (TPSA) is 84.5 Å². The summed E-state index contributed by atoms with van der Waals surface area (Å²) in [5, 5.41) is 0.786. The van der Waals surface area contributed by atoms with Crippen LogP contribution < -0.4 is 10.5 Å². The van der Waals surface area contributed by atoms with E-state index in [1.54, 1.807) is 19.1 Å². The predicted molar refractivity (Wildman–Crippen MR) is 109 cm³/mol. The summed E-state index contributed by atoms with van der Waals surface area (Å²) < 4.78 is 42.2. The second kappa shape index (κ2) is 7.33. The van der Waals surface area contributed by atoms with Crippen molar-refractivity contribution in [1.29, 1.82) is 0 Å². The van der Waals surface area contributed by atoms with Crippen LogP contribution in [0, 0.1) is 12.7 Å². The maximum Gasteiger partial charge on any atom is 0.262 e. The van der Waals surface area contributed by atoms with Gasteiger partial charge in [0.2, 0.25) is 0 Å². The maximum atomic E-state index is 14.3. The van der Waals surface area contributed by atoms with Crippen molar-refractivity contribution in [2.75, 3.05) is 10.5 Å². The molecular weight excluding hydrogens is 409 g/mol. The van der Waals surface area contributed by atoms with E-state index in [-0.39, 0.29) is 10.6 Å². The van der Waals surface area contributed by atoms with Gasteiger partial charge in [0.1, 0.15) is 5.82 Å². The molecule has 5 nitrogen and oxygen atoms in total. The van der Waals surface area contributed by atoms with E-state index in [9.17, 15) is 12.8 Å². The van der Waals surface area contributed by atoms with Crippen molar-refractivity contribution in [3.63, 3.8) is 0 Å². The van der Waals surface area contributed by atoms with E-state index in [4.69, 9.17) is 17.3 Å². The van der Waals surface area contributed by atoms with E-state index in [1.807, 2.05) is 6.92 Å². The van der Waals surface area contributed by atoms with Gasteiger partial charge >= 0.3 is 0 Å². The van der Waals surface area contributed by atoms with Crippen LogP contribution in [0.2, 0.25) is 5.02 Å². The third kappa shape index (κ3) is 4.07. The van der Waals surface area contributed by atoms with Crippen molar-refractivity contribution >= 4 is 44.2 Å². The molecule has 0 aliphatic carbocycles. The van der Waals surface area contributed by atoms with Crippen molar-refractivity contribution in [1.82, 2.24) is 0 Å². The molecule has 0 bridgehead atoms. The lowest BCUT2D eigenvalue weighted by molar-refractivity contribution is 0.481. The lowest BCUT2D eigenvalue weighted by Crippen LogP contribution is -2.29. The summed E-state index contributed by atoms with van der Waals surface area (Å²) in [5.41, 5.74) is 6.16. The number of nitrogens with zero attached hydrogens (tertiary/aromatic N) is 1. The minimum absolute atomic E-state index is 0.00217. The van der Waals surface area contributed by atoms with Crippen molar-refractivity contribution in [2.24, 2.45) is 10.7 Å². The van der Waals surface area contributed by atoms with Crippen LogP contribution in [0.4, 0.5) is 10.1 Å². The fourth-order valence-corrected chi connectivity index (χ4v) is 5.44. The van der Waals surface area contributed by atoms with Crippen molar-refractivity contribution < 1.29 is 12.8 Å². The number of anilines is 1. The Balaban J connectivity index is 2.00. The number of sulfonamides is 1. The molecule has 1 heterocycles. The normalized spacial score (nSPS) is 20.2. The zero-order valence-electron chi connectivity index (χ0n) is 14.8. The lowest BCUT2D eigenvalue weighted by atomic mass is 9.89. The predicted octanol–water partition coefficient (Wildman–Crippen LogP) is 4.26. The Morgan fingerprint density at radius 1 is 1.33 bits per heavy atom. The molecule has 2 aromatic rings. The fourth-order valence-electron chi connectivity index (χ4n) is 2.91. The molecule has 0 radical (unpaired) electrons. The monoisotopic (exact) mass is 427 g/mol. The number of aliphatic imine (C=N–C) groups is 1. The van der Waals surface area contributed by atoms with Crippen LogP contribution in [0.25, 0.3) is 0 Å². The summed E-state index contributed by atoms with van der Waals surface area (Å²) in [4.78, 5) is 4.48. The molecule has 0 aromatic heterocycles. The van der Waals surface area contributed by atoms with E-state index < -0.39 is 21.4 Å². The Hall–Kier alpha value is -1.77. The Morgan fingerprint density at radius 3 is 2.78 bits per heavy atom. The van der Waals surface area contributed by atoms with Crippen LogP contribution in [-0.2, 0) is 15.6 Å². The van der Waals surface area contributed by atoms with Gasteiger partial charge in [0.25, 0.3) is 10.0 Å². The Labute approximate surface area is 167 Å². The molecule has 144 valence electrons. The van der Waals surface area contributed by atoms with E-state index in [2.05, 4.69) is 9.71 Å². The van der Waals surface area contributed by atoms with Crippen LogP contribution in [0.15, 0.2) is 46.3 Å². The molecule has 9 heteroatoms. The van der Waals surface area contributed by atoms with Crippen LogP contribution in [0.3, 0.4) is 0 Å². The summed E-state index contributed by atoms with van der Waals surface area (Å²) in [6.07, 6.45) is 0.712. The zero-order chi connectivity index (χ0) is 19.8. The van der Waals surface area contributed by atoms with E-state index in [0.29, 0.717) is 27.7 Å². The molecule has 0 saturated heterocycles. The number of thioether (sulfide) groups is 1. The highest BCUT2D eigenvalue weighted by molar-refractivity contribution is 8.13. The van der Waals surface area contributed by atoms with Crippen LogP contribution in [0.5, 0.6) is 0 Å². The SMILES string of the molecule is Cc1c(Cl)cccc1S(=O)(=O)Nc1cc(C2(C)CCSC(N)=N2)ccc1F. The molecule has 3 N–H and O–H groups in total. The van der Waals surface area contributed by atoms with E-state index in [0.717, 1.165) is 5.75 Å². The second-order valence-electron chi connectivity index (χ2n) is 6.49. The van der Waals surface area contributed by atoms with Crippen molar-refractivity contribution in [2.45, 2.75) is 30.7 Å². The third-order valence-electron chi connectivity index (χ3n) is 4.54. The molecule has 0 spiro atoms. The minimum atomic E-state index is -4.01. The third-order valence-corrected chi connectivity index (χ3v) is 7.25. The molecule has 1 aliphatic heterocycles. The molecule has 0 saturated carbocycles. The molecule has 1 atom stereocenters. The average molecular weight is 428 g/mol. The highest BCUT2D eigenvalue weighted by atomic mass is 35.5. The van der Waals surface area contributed by atoms with E-state index in [1.165, 1.54) is 36.0 Å². The molecule has 27 heavy (non-hydrogen) atoms. The number of hydrogen-bond acceptors (Lipinski definition) is 5. The first kappa shape index (κ1) is 20.0. The van der Waals surface area contributed by atoms with Gasteiger partial charge < -0.3 is 5.73 Å². The number of hydrogen-bond donors (Lipinski definition) is 2. The number of amidine groups is 1. The highest BCUT2D eigenvalue weighted by Crippen LogP contribution is 2.37. The first-order valence-corrected chi connectivity index (χ1v) is 11.0. The minimum Gasteiger partial charge on any atom is -0.379 e. The number of nitrogens with one attached hydrogen (secondary N) is 1. The summed E-state index contributed by atoms with van der Waals surface area (Å²) in [6.45, 7) is 3.49. The molecule has 0 amide bonds. The number of rotatable bonds is 4. The van der Waals surface area contributed by atoms with Gasteiger partial charge in [-0.15, -0.1) is 0 Å². The lowest BCUT2D eigenvalue weighted by Gasteiger charge is -2.30. The Morgan fingerprint density at radius 2 is 2.07 bits per heavy atom. The largest absolute Gasteiger partial charge is 0.379 e. The van der Waals surface area contributed by atoms with E-state index >= 15 is 0 Å². The van der Waals surface area contributed by atoms with Gasteiger partial charge in [-0.05, 0) is 55.7 Å². The van der Waals surface area contributed by atoms with Crippen molar-refractivity contribution in [3.05, 3.63) is 58.4 Å². The van der Waals surface area contributed by atoms with Gasteiger partial charge in [-0.3, -0.25) is 9.71 Å². The second-order valence-corrected chi connectivity index (χ2v) is 9.66. The fraction of sp³-hybridized carbons (Fsp3) is 0.278. The zero-order valence-corrected chi connectivity index (χ0v) is 17.2. The molecule has 3 rings (SSSR count). The Kier molecular flexibility index (Phi) is 5.42. The van der Waals surface area contributed by atoms with Crippen molar-refractivity contribution in [3.8, 4) is 0 Å². The average Bonchev–Trinajstić information content (AvgIpc) is 2.58. The number of benzene rings is 2. The molecule has 2 aromatic carbocycles. The summed E-state index contributed by atoms with van der Waals surface area (Å²) in [5.74, 6) is 0.110. The molecule has 1 unspecified atom stereocenters. The Bertz CT molecular complexity index is 1030. The van der Waals surface area contributed by atoms with Gasteiger partial charge in [-0.25, -0.2) is 12.8 Å². The number of halogens is 2. The van der Waals surface area contributed by atoms with Crippen LogP contribution in [-0.4, -0.2) is 19.3 Å². The highest BCUT2D eigenvalue weighted by Gasteiger charge is 2.30. The summed E-state index contributed by atoms with van der Waals surface area (Å²) in [7, 11) is -4.01. The van der Waals surface area contributed by atoms with Crippen LogP contribution in [0.1, 0.15) is 24.5 Å². The maximum absolute atomic E-state index is 14.3. The molecule has 1 aliphatic rings. The smallest absolute Gasteiger partial charge is 0.262 e. The first-order chi connectivity index (χ1) is 12.6. The van der Waals surface area contributed by atoms with Crippen LogP contribution >= 0.6 is 23.4 Å². The molecular formula is C18H19ClFN3O2S2. The summed E-state index contributed by atoms with van der Waals surface area (Å²) in [6, 6.07) is 8.87. The molecule has 0 fully saturated rings. The summed E-state index contributed by atoms with van der Waals surface area (Å²) >= 11 is 7.48. The quantitative estimate of drug-likeness (QED) is 0.763. The van der Waals surface area contributed by atoms with Gasteiger partial charge in [0.15, 0.2) is 5.17 Å². The van der Waals surface area contributed by atoms with Gasteiger partial charge in [0.05, 0.1) is 16.1 Å².